The Hall–Kier alpha value is -3.98. The van der Waals surface area contributed by atoms with Gasteiger partial charge < -0.3 is 44.0 Å². The molecule has 1 heterocycles. The Morgan fingerprint density at radius 3 is 1.92 bits per heavy atom. The second kappa shape index (κ2) is 22.4. The second-order valence-corrected chi connectivity index (χ2v) is 18.3. The van der Waals surface area contributed by atoms with E-state index in [0.29, 0.717) is 19.4 Å². The van der Waals surface area contributed by atoms with Crippen LogP contribution in [-0.2, 0) is 52.4 Å². The SMILES string of the molecule is C/C=C(/C)C(=O)O[C@H]1C(C)=C2[C@H]([C@@H]1OC(=O)CCCCCCC)[C@@](C)(OC(C)=O)C[C@H](OC(=O)CCCCCCCCCCNC(=O)OC(C)(C)C)[C@@]1(O)[C@H]2OC(=O)[C@@]1(C)O. The van der Waals surface area contributed by atoms with E-state index in [-0.39, 0.29) is 29.6 Å². The van der Waals surface area contributed by atoms with Gasteiger partial charge >= 0.3 is 35.9 Å². The molecule has 61 heavy (non-hydrogen) atoms. The smallest absolute Gasteiger partial charge is 0.407 e. The first kappa shape index (κ1) is 51.4. The van der Waals surface area contributed by atoms with E-state index in [1.165, 1.54) is 6.92 Å². The Kier molecular flexibility index (Phi) is 18.9. The number of fused-ring (bicyclic) bond motifs is 3. The summed E-state index contributed by atoms with van der Waals surface area (Å²) in [4.78, 5) is 78.5. The summed E-state index contributed by atoms with van der Waals surface area (Å²) in [7, 11) is 0. The van der Waals surface area contributed by atoms with Crippen LogP contribution < -0.4 is 5.32 Å². The van der Waals surface area contributed by atoms with Crippen molar-refractivity contribution >= 4 is 35.9 Å². The molecule has 0 unspecified atom stereocenters. The summed E-state index contributed by atoms with van der Waals surface area (Å²) in [6.45, 7) is 16.7. The summed E-state index contributed by atoms with van der Waals surface area (Å²) < 4.78 is 35.2. The molecule has 0 radical (unpaired) electrons. The highest BCUT2D eigenvalue weighted by Crippen LogP contribution is 2.57. The van der Waals surface area contributed by atoms with Crippen molar-refractivity contribution in [2.75, 3.05) is 6.54 Å². The molecule has 0 aromatic rings. The Labute approximate surface area is 362 Å². The third kappa shape index (κ3) is 13.3. The number of hydrogen-bond acceptors (Lipinski definition) is 14. The molecule has 2 fully saturated rings. The molecule has 3 rings (SSSR count). The van der Waals surface area contributed by atoms with Crippen molar-refractivity contribution < 1.29 is 67.4 Å². The molecular formula is C46H73NO14. The highest BCUT2D eigenvalue weighted by molar-refractivity contribution is 5.88. The standard InChI is InChI=1S/C46H73NO14/c1-11-13-14-19-22-26-34(50)57-38-36-35(30(4)37(38)58-40(51)29(3)12-2)39-46(55,45(10,54)41(52)59-39)32(28-44(36,9)60-31(5)48)56-33(49)25-23-20-17-15-16-18-21-24-27-47-42(53)61-43(6,7)8/h12,32,36-39,54-55H,11,13-28H2,1-10H3,(H,47,53)/b29-12-/t32-,36+,37-,38-,39-,44-,45+,46+/m0/s1. The van der Waals surface area contributed by atoms with Gasteiger partial charge in [0.25, 0.3) is 0 Å². The van der Waals surface area contributed by atoms with Gasteiger partial charge in [0.05, 0.1) is 5.92 Å². The lowest BCUT2D eigenvalue weighted by Crippen LogP contribution is -2.64. The zero-order chi connectivity index (χ0) is 45.8. The first-order chi connectivity index (χ1) is 28.5. The zero-order valence-corrected chi connectivity index (χ0v) is 38.3. The van der Waals surface area contributed by atoms with Gasteiger partial charge in [-0.05, 0) is 85.8 Å². The van der Waals surface area contributed by atoms with E-state index in [1.54, 1.807) is 33.8 Å². The van der Waals surface area contributed by atoms with E-state index in [4.69, 9.17) is 28.4 Å². The molecule has 1 saturated carbocycles. The predicted molar refractivity (Wildman–Crippen MR) is 225 cm³/mol. The van der Waals surface area contributed by atoms with E-state index >= 15 is 0 Å². The number of allylic oxidation sites excluding steroid dienone is 1. The zero-order valence-electron chi connectivity index (χ0n) is 38.3. The van der Waals surface area contributed by atoms with Crippen LogP contribution in [0.15, 0.2) is 22.8 Å². The number of hydrogen-bond donors (Lipinski definition) is 3. The van der Waals surface area contributed by atoms with Crippen LogP contribution in [0.4, 0.5) is 4.79 Å². The van der Waals surface area contributed by atoms with Gasteiger partial charge in [0, 0.05) is 38.3 Å². The van der Waals surface area contributed by atoms with Crippen molar-refractivity contribution in [3.63, 3.8) is 0 Å². The minimum absolute atomic E-state index is 0.0270. The van der Waals surface area contributed by atoms with Crippen LogP contribution in [-0.4, -0.2) is 99.5 Å². The molecule has 2 aliphatic carbocycles. The summed E-state index contributed by atoms with van der Waals surface area (Å²) in [5.41, 5.74) is -6.82. The maximum atomic E-state index is 13.6. The van der Waals surface area contributed by atoms with Crippen LogP contribution in [0.3, 0.4) is 0 Å². The van der Waals surface area contributed by atoms with Crippen LogP contribution in [0.2, 0.25) is 0 Å². The quantitative estimate of drug-likeness (QED) is 0.0324. The second-order valence-electron chi connectivity index (χ2n) is 18.3. The van der Waals surface area contributed by atoms with E-state index in [9.17, 15) is 39.0 Å². The van der Waals surface area contributed by atoms with Gasteiger partial charge in [-0.15, -0.1) is 0 Å². The summed E-state index contributed by atoms with van der Waals surface area (Å²) in [6.07, 6.45) is 5.99. The molecule has 0 aromatic carbocycles. The molecule has 1 saturated heterocycles. The van der Waals surface area contributed by atoms with Gasteiger partial charge in [-0.3, -0.25) is 14.4 Å². The Morgan fingerprint density at radius 2 is 1.38 bits per heavy atom. The fourth-order valence-corrected chi connectivity index (χ4v) is 8.66. The number of amides is 1. The number of carbonyl (C=O) groups is 6. The monoisotopic (exact) mass is 864 g/mol. The minimum Gasteiger partial charge on any atom is -0.459 e. The first-order valence-electron chi connectivity index (χ1n) is 22.3. The Morgan fingerprint density at radius 1 is 0.836 bits per heavy atom. The molecule has 0 bridgehead atoms. The van der Waals surface area contributed by atoms with Crippen molar-refractivity contribution in [3.8, 4) is 0 Å². The van der Waals surface area contributed by atoms with E-state index < -0.39 is 95.1 Å². The van der Waals surface area contributed by atoms with Crippen molar-refractivity contribution in [2.45, 2.75) is 219 Å². The summed E-state index contributed by atoms with van der Waals surface area (Å²) in [5, 5.41) is 27.2. The molecule has 15 nitrogen and oxygen atoms in total. The Balaban J connectivity index is 1.82. The molecule has 15 heteroatoms. The number of rotatable bonds is 22. The highest BCUT2D eigenvalue weighted by atomic mass is 16.6. The third-order valence-corrected chi connectivity index (χ3v) is 12.0. The van der Waals surface area contributed by atoms with E-state index in [1.807, 2.05) is 20.8 Å². The van der Waals surface area contributed by atoms with Crippen LogP contribution in [0, 0.1) is 5.92 Å². The maximum absolute atomic E-state index is 13.6. The lowest BCUT2D eigenvalue weighted by Gasteiger charge is -2.41. The van der Waals surface area contributed by atoms with Crippen molar-refractivity contribution in [3.05, 3.63) is 22.8 Å². The first-order valence-corrected chi connectivity index (χ1v) is 22.3. The lowest BCUT2D eigenvalue weighted by molar-refractivity contribution is -0.212. The van der Waals surface area contributed by atoms with Gasteiger partial charge in [-0.25, -0.2) is 14.4 Å². The summed E-state index contributed by atoms with van der Waals surface area (Å²) in [5.74, 6) is -5.09. The summed E-state index contributed by atoms with van der Waals surface area (Å²) >= 11 is 0. The van der Waals surface area contributed by atoms with Crippen LogP contribution >= 0.6 is 0 Å². The van der Waals surface area contributed by atoms with Crippen molar-refractivity contribution in [2.24, 2.45) is 5.92 Å². The highest BCUT2D eigenvalue weighted by Gasteiger charge is 2.76. The number of esters is 5. The molecule has 346 valence electrons. The van der Waals surface area contributed by atoms with Crippen LogP contribution in [0.5, 0.6) is 0 Å². The minimum atomic E-state index is -2.62. The molecule has 8 atom stereocenters. The van der Waals surface area contributed by atoms with Gasteiger partial charge in [0.15, 0.2) is 29.5 Å². The predicted octanol–water partition coefficient (Wildman–Crippen LogP) is 7.16. The van der Waals surface area contributed by atoms with Gasteiger partial charge in [0.1, 0.15) is 17.3 Å². The molecule has 0 spiro atoms. The number of ether oxygens (including phenoxy) is 6. The Bertz CT molecular complexity index is 1630. The van der Waals surface area contributed by atoms with Gasteiger partial charge in [-0.1, -0.05) is 77.2 Å². The average Bonchev–Trinajstić information content (AvgIpc) is 3.49. The fraction of sp³-hybridized carbons (Fsp3) is 0.783. The molecule has 3 aliphatic rings. The van der Waals surface area contributed by atoms with E-state index in [2.05, 4.69) is 12.2 Å². The number of nitrogens with one attached hydrogen (secondary N) is 1. The van der Waals surface area contributed by atoms with E-state index in [0.717, 1.165) is 77.6 Å². The number of alkyl carbamates (subject to hydrolysis) is 1. The number of carbonyl (C=O) groups excluding carboxylic acids is 6. The fourth-order valence-electron chi connectivity index (χ4n) is 8.66. The van der Waals surface area contributed by atoms with Gasteiger partial charge in [0.2, 0.25) is 0 Å². The maximum Gasteiger partial charge on any atom is 0.407 e. The lowest BCUT2D eigenvalue weighted by atomic mass is 9.75. The summed E-state index contributed by atoms with van der Waals surface area (Å²) in [6, 6.07) is 0. The van der Waals surface area contributed by atoms with Crippen LogP contribution in [0.25, 0.3) is 0 Å². The van der Waals surface area contributed by atoms with Crippen molar-refractivity contribution in [1.29, 1.82) is 0 Å². The normalized spacial score (nSPS) is 28.6. The molecular weight excluding hydrogens is 790 g/mol. The topological polar surface area (TPSA) is 210 Å². The molecule has 0 aromatic heterocycles. The van der Waals surface area contributed by atoms with Crippen LogP contribution in [0.1, 0.15) is 172 Å². The average molecular weight is 864 g/mol. The van der Waals surface area contributed by atoms with Crippen molar-refractivity contribution in [1.82, 2.24) is 5.32 Å². The molecule has 3 N–H and O–H groups in total. The third-order valence-electron chi connectivity index (χ3n) is 12.0. The largest absolute Gasteiger partial charge is 0.459 e. The van der Waals surface area contributed by atoms with Gasteiger partial charge in [-0.2, -0.15) is 0 Å². The molecule has 1 aliphatic heterocycles. The molecule has 1 amide bonds. The number of unbranched alkanes of at least 4 members (excludes halogenated alkanes) is 11. The number of aliphatic hydroxyl groups is 2.